The van der Waals surface area contributed by atoms with Crippen LogP contribution < -0.4 is 10.2 Å². The maximum Gasteiger partial charge on any atom is 0.242 e. The molecular formula is C11H18N4O2S. The lowest BCUT2D eigenvalue weighted by atomic mass is 10.1. The van der Waals surface area contributed by atoms with Crippen LogP contribution in [-0.4, -0.2) is 48.1 Å². The normalized spacial score (nSPS) is 20.0. The molecular weight excluding hydrogens is 252 g/mol. The SMILES string of the molecule is CCC1C(=O)NCCN1c1nc(CCOC)ns1. The minimum Gasteiger partial charge on any atom is -0.384 e. The summed E-state index contributed by atoms with van der Waals surface area (Å²) in [5.74, 6) is 0.870. The number of hydrogen-bond acceptors (Lipinski definition) is 6. The van der Waals surface area contributed by atoms with Crippen LogP contribution >= 0.6 is 11.5 Å². The second-order valence-corrected chi connectivity index (χ2v) is 4.87. The molecule has 1 aromatic rings. The van der Waals surface area contributed by atoms with E-state index in [0.29, 0.717) is 19.6 Å². The zero-order valence-corrected chi connectivity index (χ0v) is 11.5. The number of amides is 1. The van der Waals surface area contributed by atoms with Gasteiger partial charge in [-0.05, 0) is 6.42 Å². The molecule has 1 atom stereocenters. The van der Waals surface area contributed by atoms with Gasteiger partial charge >= 0.3 is 0 Å². The van der Waals surface area contributed by atoms with Crippen molar-refractivity contribution in [2.24, 2.45) is 0 Å². The number of piperazine rings is 1. The topological polar surface area (TPSA) is 67.4 Å². The van der Waals surface area contributed by atoms with Crippen molar-refractivity contribution in [1.29, 1.82) is 0 Å². The smallest absolute Gasteiger partial charge is 0.242 e. The Balaban J connectivity index is 2.09. The van der Waals surface area contributed by atoms with Gasteiger partial charge < -0.3 is 15.0 Å². The van der Waals surface area contributed by atoms with Gasteiger partial charge in [-0.3, -0.25) is 4.79 Å². The number of methoxy groups -OCH3 is 1. The second-order valence-electron chi connectivity index (χ2n) is 4.14. The molecule has 1 amide bonds. The Bertz CT molecular complexity index is 410. The molecule has 0 aliphatic carbocycles. The van der Waals surface area contributed by atoms with Gasteiger partial charge in [-0.2, -0.15) is 4.37 Å². The molecule has 1 unspecified atom stereocenters. The molecule has 1 saturated heterocycles. The Labute approximate surface area is 111 Å². The highest BCUT2D eigenvalue weighted by Gasteiger charge is 2.30. The van der Waals surface area contributed by atoms with Crippen molar-refractivity contribution in [3.63, 3.8) is 0 Å². The summed E-state index contributed by atoms with van der Waals surface area (Å²) in [7, 11) is 1.66. The fourth-order valence-corrected chi connectivity index (χ4v) is 2.79. The molecule has 0 bridgehead atoms. The Kier molecular flexibility index (Phi) is 4.48. The number of anilines is 1. The molecule has 0 radical (unpaired) electrons. The summed E-state index contributed by atoms with van der Waals surface area (Å²) in [4.78, 5) is 18.3. The number of nitrogens with one attached hydrogen (secondary N) is 1. The quantitative estimate of drug-likeness (QED) is 0.841. The van der Waals surface area contributed by atoms with E-state index in [0.717, 1.165) is 23.9 Å². The van der Waals surface area contributed by atoms with Crippen molar-refractivity contribution in [3.8, 4) is 0 Å². The fourth-order valence-electron chi connectivity index (χ4n) is 2.01. The van der Waals surface area contributed by atoms with E-state index in [-0.39, 0.29) is 11.9 Å². The highest BCUT2D eigenvalue weighted by molar-refractivity contribution is 7.09. The van der Waals surface area contributed by atoms with E-state index in [9.17, 15) is 4.79 Å². The van der Waals surface area contributed by atoms with Gasteiger partial charge in [0.05, 0.1) is 6.61 Å². The number of aromatic nitrogens is 2. The molecule has 6 nitrogen and oxygen atoms in total. The van der Waals surface area contributed by atoms with E-state index in [1.807, 2.05) is 11.8 Å². The molecule has 100 valence electrons. The van der Waals surface area contributed by atoms with Crippen LogP contribution in [0.2, 0.25) is 0 Å². The summed E-state index contributed by atoms with van der Waals surface area (Å²) >= 11 is 1.36. The van der Waals surface area contributed by atoms with Gasteiger partial charge in [-0.25, -0.2) is 4.98 Å². The molecule has 1 aromatic heterocycles. The molecule has 7 heteroatoms. The molecule has 1 fully saturated rings. The first-order chi connectivity index (χ1) is 8.76. The summed E-state index contributed by atoms with van der Waals surface area (Å²) in [6.45, 7) is 4.09. The lowest BCUT2D eigenvalue weighted by Crippen LogP contribution is -2.55. The van der Waals surface area contributed by atoms with Crippen LogP contribution in [0.4, 0.5) is 5.13 Å². The molecule has 2 heterocycles. The van der Waals surface area contributed by atoms with Gasteiger partial charge in [-0.1, -0.05) is 6.92 Å². The monoisotopic (exact) mass is 270 g/mol. The van der Waals surface area contributed by atoms with E-state index in [4.69, 9.17) is 4.74 Å². The van der Waals surface area contributed by atoms with Crippen LogP contribution in [0.15, 0.2) is 0 Å². The van der Waals surface area contributed by atoms with Gasteiger partial charge in [0.15, 0.2) is 0 Å². The molecule has 2 rings (SSSR count). The van der Waals surface area contributed by atoms with Gasteiger partial charge in [0, 0.05) is 38.2 Å². The highest BCUT2D eigenvalue weighted by atomic mass is 32.1. The Morgan fingerprint density at radius 1 is 1.61 bits per heavy atom. The van der Waals surface area contributed by atoms with Crippen LogP contribution in [0.5, 0.6) is 0 Å². The average Bonchev–Trinajstić information content (AvgIpc) is 2.84. The molecule has 1 N–H and O–H groups in total. The lowest BCUT2D eigenvalue weighted by molar-refractivity contribution is -0.123. The third kappa shape index (κ3) is 2.78. The van der Waals surface area contributed by atoms with Crippen LogP contribution in [0.1, 0.15) is 19.2 Å². The van der Waals surface area contributed by atoms with Crippen molar-refractivity contribution < 1.29 is 9.53 Å². The maximum absolute atomic E-state index is 11.8. The molecule has 1 aliphatic rings. The number of ether oxygens (including phenoxy) is 1. The third-order valence-electron chi connectivity index (χ3n) is 2.95. The first kappa shape index (κ1) is 13.2. The third-order valence-corrected chi connectivity index (χ3v) is 3.74. The zero-order chi connectivity index (χ0) is 13.0. The second kappa shape index (κ2) is 6.10. The molecule has 0 saturated carbocycles. The number of carbonyl (C=O) groups excluding carboxylic acids is 1. The Morgan fingerprint density at radius 3 is 3.17 bits per heavy atom. The van der Waals surface area contributed by atoms with Crippen molar-refractivity contribution in [1.82, 2.24) is 14.7 Å². The molecule has 0 spiro atoms. The van der Waals surface area contributed by atoms with Gasteiger partial charge in [0.1, 0.15) is 11.9 Å². The standard InChI is InChI=1S/C11H18N4O2S/c1-3-8-10(16)12-5-6-15(8)11-13-9(14-18-11)4-7-17-2/h8H,3-7H2,1-2H3,(H,12,16). The van der Waals surface area contributed by atoms with E-state index in [2.05, 4.69) is 14.7 Å². The van der Waals surface area contributed by atoms with Crippen molar-refractivity contribution >= 4 is 22.6 Å². The van der Waals surface area contributed by atoms with Crippen LogP contribution in [0.3, 0.4) is 0 Å². The fraction of sp³-hybridized carbons (Fsp3) is 0.727. The van der Waals surface area contributed by atoms with Gasteiger partial charge in [-0.15, -0.1) is 0 Å². The molecule has 18 heavy (non-hydrogen) atoms. The zero-order valence-electron chi connectivity index (χ0n) is 10.7. The van der Waals surface area contributed by atoms with Gasteiger partial charge in [0.2, 0.25) is 11.0 Å². The van der Waals surface area contributed by atoms with E-state index >= 15 is 0 Å². The summed E-state index contributed by atoms with van der Waals surface area (Å²) in [5.41, 5.74) is 0. The summed E-state index contributed by atoms with van der Waals surface area (Å²) < 4.78 is 9.31. The summed E-state index contributed by atoms with van der Waals surface area (Å²) in [6, 6.07) is -0.123. The minimum atomic E-state index is -0.123. The Hall–Kier alpha value is -1.21. The largest absolute Gasteiger partial charge is 0.384 e. The Morgan fingerprint density at radius 2 is 2.44 bits per heavy atom. The van der Waals surface area contributed by atoms with E-state index in [1.54, 1.807) is 7.11 Å². The van der Waals surface area contributed by atoms with Crippen molar-refractivity contribution in [2.75, 3.05) is 31.7 Å². The first-order valence-corrected chi connectivity index (χ1v) is 6.89. The first-order valence-electron chi connectivity index (χ1n) is 6.12. The minimum absolute atomic E-state index is 0.0809. The summed E-state index contributed by atoms with van der Waals surface area (Å²) in [6.07, 6.45) is 1.49. The maximum atomic E-state index is 11.8. The molecule has 1 aliphatic heterocycles. The van der Waals surface area contributed by atoms with E-state index in [1.165, 1.54) is 11.5 Å². The predicted molar refractivity (Wildman–Crippen MR) is 69.9 cm³/mol. The summed E-state index contributed by atoms with van der Waals surface area (Å²) in [5, 5.41) is 3.72. The predicted octanol–water partition coefficient (Wildman–Crippen LogP) is 0.442. The van der Waals surface area contributed by atoms with Crippen molar-refractivity contribution in [2.45, 2.75) is 25.8 Å². The van der Waals surface area contributed by atoms with Crippen LogP contribution in [0.25, 0.3) is 0 Å². The highest BCUT2D eigenvalue weighted by Crippen LogP contribution is 2.22. The lowest BCUT2D eigenvalue weighted by Gasteiger charge is -2.33. The number of rotatable bonds is 5. The van der Waals surface area contributed by atoms with Gasteiger partial charge in [0.25, 0.3) is 0 Å². The number of hydrogen-bond donors (Lipinski definition) is 1. The molecule has 0 aromatic carbocycles. The number of nitrogens with zero attached hydrogens (tertiary/aromatic N) is 3. The average molecular weight is 270 g/mol. The number of carbonyl (C=O) groups is 1. The van der Waals surface area contributed by atoms with E-state index < -0.39 is 0 Å². The van der Waals surface area contributed by atoms with Crippen LogP contribution in [-0.2, 0) is 16.0 Å². The van der Waals surface area contributed by atoms with Crippen LogP contribution in [0, 0.1) is 0 Å². The van der Waals surface area contributed by atoms with Crippen molar-refractivity contribution in [3.05, 3.63) is 5.82 Å².